The molecular formula is C14H17N3O3. The van der Waals surface area contributed by atoms with Gasteiger partial charge in [-0.2, -0.15) is 0 Å². The van der Waals surface area contributed by atoms with Gasteiger partial charge in [0.05, 0.1) is 17.0 Å². The van der Waals surface area contributed by atoms with Crippen molar-refractivity contribution >= 4 is 17.0 Å². The van der Waals surface area contributed by atoms with E-state index >= 15 is 0 Å². The molecule has 2 aromatic rings. The van der Waals surface area contributed by atoms with Crippen molar-refractivity contribution in [2.45, 2.75) is 13.5 Å². The molecule has 1 aromatic heterocycles. The van der Waals surface area contributed by atoms with Crippen LogP contribution in [0, 0.1) is 5.92 Å². The number of aromatic amines is 1. The monoisotopic (exact) mass is 275 g/mol. The number of rotatable bonds is 5. The summed E-state index contributed by atoms with van der Waals surface area (Å²) in [5, 5.41) is 8.88. The second-order valence-electron chi connectivity index (χ2n) is 4.97. The first-order valence-corrected chi connectivity index (χ1v) is 6.36. The fourth-order valence-corrected chi connectivity index (χ4v) is 2.04. The van der Waals surface area contributed by atoms with E-state index in [2.05, 4.69) is 9.97 Å². The molecule has 1 atom stereocenters. The van der Waals surface area contributed by atoms with Gasteiger partial charge in [0, 0.05) is 13.1 Å². The number of nitrogens with one attached hydrogen (secondary N) is 1. The molecule has 6 nitrogen and oxygen atoms in total. The second kappa shape index (κ2) is 5.83. The van der Waals surface area contributed by atoms with Gasteiger partial charge in [0.1, 0.15) is 5.69 Å². The van der Waals surface area contributed by atoms with Crippen molar-refractivity contribution in [3.05, 3.63) is 40.3 Å². The number of hydrogen-bond acceptors (Lipinski definition) is 4. The summed E-state index contributed by atoms with van der Waals surface area (Å²) in [5.74, 6) is -1.34. The van der Waals surface area contributed by atoms with Gasteiger partial charge in [-0.15, -0.1) is 0 Å². The van der Waals surface area contributed by atoms with Crippen molar-refractivity contribution in [2.75, 3.05) is 13.6 Å². The molecule has 20 heavy (non-hydrogen) atoms. The first-order chi connectivity index (χ1) is 9.47. The maximum atomic E-state index is 11.9. The summed E-state index contributed by atoms with van der Waals surface area (Å²) >= 11 is 0. The molecule has 0 saturated heterocycles. The topological polar surface area (TPSA) is 86.3 Å². The average Bonchev–Trinajstić information content (AvgIpc) is 2.39. The van der Waals surface area contributed by atoms with Crippen LogP contribution in [0.15, 0.2) is 29.1 Å². The van der Waals surface area contributed by atoms with Crippen molar-refractivity contribution in [3.63, 3.8) is 0 Å². The molecular weight excluding hydrogens is 258 g/mol. The minimum absolute atomic E-state index is 0.237. The first-order valence-electron chi connectivity index (χ1n) is 6.36. The number of benzene rings is 1. The van der Waals surface area contributed by atoms with Crippen molar-refractivity contribution in [2.24, 2.45) is 5.92 Å². The van der Waals surface area contributed by atoms with Crippen molar-refractivity contribution in [1.82, 2.24) is 14.9 Å². The van der Waals surface area contributed by atoms with Gasteiger partial charge >= 0.3 is 5.97 Å². The molecule has 0 saturated carbocycles. The molecule has 0 aliphatic rings. The number of fused-ring (bicyclic) bond motifs is 1. The molecule has 2 rings (SSSR count). The molecule has 0 aliphatic carbocycles. The Hall–Kier alpha value is -2.21. The molecule has 0 amide bonds. The Morgan fingerprint density at radius 2 is 2.15 bits per heavy atom. The number of hydrogen-bond donors (Lipinski definition) is 2. The number of aromatic nitrogens is 2. The van der Waals surface area contributed by atoms with E-state index in [4.69, 9.17) is 5.11 Å². The molecule has 6 heteroatoms. The Morgan fingerprint density at radius 3 is 2.85 bits per heavy atom. The molecule has 1 aromatic carbocycles. The number of carboxylic acids is 1. The highest BCUT2D eigenvalue weighted by Crippen LogP contribution is 2.07. The molecule has 0 aliphatic heterocycles. The van der Waals surface area contributed by atoms with Crippen LogP contribution in [0.1, 0.15) is 12.6 Å². The van der Waals surface area contributed by atoms with Crippen LogP contribution in [0.2, 0.25) is 0 Å². The predicted octanol–water partition coefficient (Wildman–Crippen LogP) is 1.08. The van der Waals surface area contributed by atoms with Gasteiger partial charge in [-0.1, -0.05) is 19.1 Å². The first kappa shape index (κ1) is 14.2. The third kappa shape index (κ3) is 3.21. The molecule has 1 unspecified atom stereocenters. The number of carbonyl (C=O) groups is 1. The van der Waals surface area contributed by atoms with Crippen LogP contribution >= 0.6 is 0 Å². The summed E-state index contributed by atoms with van der Waals surface area (Å²) in [7, 11) is 1.77. The predicted molar refractivity (Wildman–Crippen MR) is 75.5 cm³/mol. The molecule has 0 radical (unpaired) electrons. The van der Waals surface area contributed by atoms with Crippen LogP contribution in [0.5, 0.6) is 0 Å². The standard InChI is InChI=1S/C14H17N3O3/c1-9(14(19)20)7-17(2)8-12-13(18)16-11-6-4-3-5-10(11)15-12/h3-6,9H,7-8H2,1-2H3,(H,16,18)(H,19,20). The van der Waals surface area contributed by atoms with Gasteiger partial charge < -0.3 is 10.1 Å². The zero-order chi connectivity index (χ0) is 14.7. The van der Waals surface area contributed by atoms with E-state index in [-0.39, 0.29) is 5.56 Å². The van der Waals surface area contributed by atoms with Gasteiger partial charge in [0.25, 0.3) is 5.56 Å². The van der Waals surface area contributed by atoms with E-state index in [0.717, 1.165) is 5.52 Å². The highest BCUT2D eigenvalue weighted by Gasteiger charge is 2.15. The zero-order valence-electron chi connectivity index (χ0n) is 11.5. The fraction of sp³-hybridized carbons (Fsp3) is 0.357. The summed E-state index contributed by atoms with van der Waals surface area (Å²) in [6.07, 6.45) is 0. The second-order valence-corrected chi connectivity index (χ2v) is 4.97. The molecule has 0 fully saturated rings. The smallest absolute Gasteiger partial charge is 0.307 e. The summed E-state index contributed by atoms with van der Waals surface area (Å²) in [6, 6.07) is 7.31. The number of aliphatic carboxylic acids is 1. The maximum absolute atomic E-state index is 11.9. The minimum Gasteiger partial charge on any atom is -0.481 e. The van der Waals surface area contributed by atoms with E-state index < -0.39 is 11.9 Å². The molecule has 106 valence electrons. The Labute approximate surface area is 116 Å². The molecule has 0 bridgehead atoms. The fourth-order valence-electron chi connectivity index (χ4n) is 2.04. The van der Waals surface area contributed by atoms with Gasteiger partial charge in [-0.25, -0.2) is 4.98 Å². The number of nitrogens with zero attached hydrogens (tertiary/aromatic N) is 2. The van der Waals surface area contributed by atoms with Gasteiger partial charge in [-0.3, -0.25) is 14.5 Å². The molecule has 2 N–H and O–H groups in total. The minimum atomic E-state index is -0.850. The number of H-pyrrole nitrogens is 1. The average molecular weight is 275 g/mol. The highest BCUT2D eigenvalue weighted by atomic mass is 16.4. The van der Waals surface area contributed by atoms with E-state index in [0.29, 0.717) is 24.3 Å². The summed E-state index contributed by atoms with van der Waals surface area (Å²) in [4.78, 5) is 31.6. The Bertz CT molecular complexity index is 681. The third-order valence-corrected chi connectivity index (χ3v) is 3.10. The van der Waals surface area contributed by atoms with Crippen LogP contribution in [0.4, 0.5) is 0 Å². The SMILES string of the molecule is CC(CN(C)Cc1nc2ccccc2[nH]c1=O)C(=O)O. The highest BCUT2D eigenvalue weighted by molar-refractivity contribution is 5.73. The van der Waals surface area contributed by atoms with E-state index in [1.54, 1.807) is 24.9 Å². The lowest BCUT2D eigenvalue weighted by molar-refractivity contribution is -0.141. The number of carboxylic acid groups (broad SMARTS) is 1. The Morgan fingerprint density at radius 1 is 1.45 bits per heavy atom. The summed E-state index contributed by atoms with van der Waals surface area (Å²) in [6.45, 7) is 2.32. The third-order valence-electron chi connectivity index (χ3n) is 3.10. The quantitative estimate of drug-likeness (QED) is 0.852. The maximum Gasteiger partial charge on any atom is 0.307 e. The summed E-state index contributed by atoms with van der Waals surface area (Å²) < 4.78 is 0. The van der Waals surface area contributed by atoms with Crippen molar-refractivity contribution < 1.29 is 9.90 Å². The normalized spacial score (nSPS) is 12.8. The van der Waals surface area contributed by atoms with E-state index in [1.807, 2.05) is 18.2 Å². The van der Waals surface area contributed by atoms with Crippen LogP contribution in [-0.4, -0.2) is 39.5 Å². The van der Waals surface area contributed by atoms with Crippen molar-refractivity contribution in [3.8, 4) is 0 Å². The van der Waals surface area contributed by atoms with E-state index in [1.165, 1.54) is 0 Å². The molecule has 0 spiro atoms. The zero-order valence-corrected chi connectivity index (χ0v) is 11.5. The van der Waals surface area contributed by atoms with Crippen LogP contribution in [0.25, 0.3) is 11.0 Å². The Balaban J connectivity index is 2.19. The van der Waals surface area contributed by atoms with Gasteiger partial charge in [-0.05, 0) is 19.2 Å². The van der Waals surface area contributed by atoms with Crippen molar-refractivity contribution in [1.29, 1.82) is 0 Å². The molecule has 1 heterocycles. The summed E-state index contributed by atoms with van der Waals surface area (Å²) in [5.41, 5.74) is 1.58. The van der Waals surface area contributed by atoms with Crippen LogP contribution < -0.4 is 5.56 Å². The largest absolute Gasteiger partial charge is 0.481 e. The van der Waals surface area contributed by atoms with Gasteiger partial charge in [0.15, 0.2) is 0 Å². The van der Waals surface area contributed by atoms with Gasteiger partial charge in [0.2, 0.25) is 0 Å². The lowest BCUT2D eigenvalue weighted by atomic mass is 10.2. The lowest BCUT2D eigenvalue weighted by Gasteiger charge is -2.18. The van der Waals surface area contributed by atoms with E-state index in [9.17, 15) is 9.59 Å². The van der Waals surface area contributed by atoms with Crippen LogP contribution in [0.3, 0.4) is 0 Å². The van der Waals surface area contributed by atoms with Crippen LogP contribution in [-0.2, 0) is 11.3 Å². The lowest BCUT2D eigenvalue weighted by Crippen LogP contribution is -2.31. The number of para-hydroxylation sites is 2. The Kier molecular flexibility index (Phi) is 4.14.